The van der Waals surface area contributed by atoms with Crippen LogP contribution in [0.4, 0.5) is 17.1 Å². The molecule has 1 aromatic heterocycles. The molecule has 0 amide bonds. The average molecular weight is 690 g/mol. The van der Waals surface area contributed by atoms with Gasteiger partial charge in [-0.3, -0.25) is 0 Å². The van der Waals surface area contributed by atoms with Gasteiger partial charge in [-0.25, -0.2) is 0 Å². The van der Waals surface area contributed by atoms with Crippen LogP contribution in [0.15, 0.2) is 217 Å². The Morgan fingerprint density at radius 3 is 1.26 bits per heavy atom. The van der Waals surface area contributed by atoms with Gasteiger partial charge in [0.05, 0.1) is 0 Å². The van der Waals surface area contributed by atoms with Gasteiger partial charge in [0.25, 0.3) is 0 Å². The van der Waals surface area contributed by atoms with Gasteiger partial charge in [0.1, 0.15) is 11.2 Å². The summed E-state index contributed by atoms with van der Waals surface area (Å²) in [7, 11) is 0. The number of rotatable bonds is 7. The van der Waals surface area contributed by atoms with E-state index in [1.54, 1.807) is 0 Å². The molecular weight excluding hydrogens is 655 g/mol. The van der Waals surface area contributed by atoms with Crippen molar-refractivity contribution in [1.82, 2.24) is 0 Å². The standard InChI is InChI=1S/C52H35NO/c1-4-12-36(13-5-1)38-20-27-44(28-21-38)53(45-29-22-39(23-30-45)37-14-6-2-7-15-37)46-31-24-40(25-32-46)42-26-33-48-49-34-43-18-10-11-19-47(43)51(41-16-8-3-9-17-41)52(49)54-50(48)35-42/h1-35H. The van der Waals surface area contributed by atoms with Crippen molar-refractivity contribution < 1.29 is 4.42 Å². The van der Waals surface area contributed by atoms with Crippen LogP contribution in [0.25, 0.3) is 77.2 Å². The molecule has 2 nitrogen and oxygen atoms in total. The second-order valence-corrected chi connectivity index (χ2v) is 13.7. The van der Waals surface area contributed by atoms with Crippen molar-refractivity contribution in [2.24, 2.45) is 0 Å². The number of nitrogens with zero attached hydrogens (tertiary/aromatic N) is 1. The molecule has 0 aliphatic heterocycles. The highest BCUT2D eigenvalue weighted by Crippen LogP contribution is 2.43. The smallest absolute Gasteiger partial charge is 0.143 e. The highest BCUT2D eigenvalue weighted by Gasteiger charge is 2.18. The first-order chi connectivity index (χ1) is 26.8. The monoisotopic (exact) mass is 689 g/mol. The van der Waals surface area contributed by atoms with Crippen LogP contribution in [0.1, 0.15) is 0 Å². The fourth-order valence-electron chi connectivity index (χ4n) is 7.76. The Bertz CT molecular complexity index is 2790. The zero-order valence-corrected chi connectivity index (χ0v) is 29.6. The minimum atomic E-state index is 0.887. The van der Waals surface area contributed by atoms with E-state index in [4.69, 9.17) is 4.42 Å². The van der Waals surface area contributed by atoms with Crippen LogP contribution in [0.5, 0.6) is 0 Å². The normalized spacial score (nSPS) is 11.3. The molecule has 0 saturated carbocycles. The molecule has 1 heterocycles. The molecule has 0 saturated heterocycles. The van der Waals surface area contributed by atoms with Crippen molar-refractivity contribution >= 4 is 49.8 Å². The fourth-order valence-corrected chi connectivity index (χ4v) is 7.76. The van der Waals surface area contributed by atoms with Crippen LogP contribution in [0, 0.1) is 0 Å². The third-order valence-corrected chi connectivity index (χ3v) is 10.5. The van der Waals surface area contributed by atoms with Crippen molar-refractivity contribution in [2.75, 3.05) is 4.90 Å². The number of fused-ring (bicyclic) bond motifs is 4. The molecule has 2 heteroatoms. The van der Waals surface area contributed by atoms with Crippen molar-refractivity contribution in [1.29, 1.82) is 0 Å². The number of anilines is 3. The van der Waals surface area contributed by atoms with E-state index in [2.05, 4.69) is 217 Å². The molecule has 0 N–H and O–H groups in total. The Morgan fingerprint density at radius 2 is 0.722 bits per heavy atom. The second-order valence-electron chi connectivity index (χ2n) is 13.7. The first-order valence-electron chi connectivity index (χ1n) is 18.4. The SMILES string of the molecule is c1ccc(-c2ccc(N(c3ccc(-c4ccccc4)cc3)c3ccc(-c4ccc5c(c4)oc4c(-c6ccccc6)c6ccccc6cc45)cc3)cc2)cc1. The zero-order valence-electron chi connectivity index (χ0n) is 29.6. The van der Waals surface area contributed by atoms with Crippen LogP contribution < -0.4 is 4.90 Å². The summed E-state index contributed by atoms with van der Waals surface area (Å²) in [6.07, 6.45) is 0. The molecule has 10 aromatic rings. The molecule has 0 aliphatic carbocycles. The van der Waals surface area contributed by atoms with E-state index in [1.165, 1.54) is 33.0 Å². The minimum Gasteiger partial charge on any atom is -0.455 e. The predicted molar refractivity (Wildman–Crippen MR) is 228 cm³/mol. The average Bonchev–Trinajstić information content (AvgIpc) is 3.62. The predicted octanol–water partition coefficient (Wildman–Crippen LogP) is 14.9. The Kier molecular flexibility index (Phi) is 7.85. The van der Waals surface area contributed by atoms with Gasteiger partial charge in [-0.1, -0.05) is 158 Å². The first kappa shape index (κ1) is 31.6. The molecule has 0 radical (unpaired) electrons. The fraction of sp³-hybridized carbons (Fsp3) is 0. The van der Waals surface area contributed by atoms with Gasteiger partial charge in [0, 0.05) is 33.4 Å². The van der Waals surface area contributed by atoms with Crippen LogP contribution in [-0.4, -0.2) is 0 Å². The van der Waals surface area contributed by atoms with Gasteiger partial charge in [-0.2, -0.15) is 0 Å². The quantitative estimate of drug-likeness (QED) is 0.166. The summed E-state index contributed by atoms with van der Waals surface area (Å²) in [6, 6.07) is 75.7. The molecule has 10 rings (SSSR count). The van der Waals surface area contributed by atoms with Gasteiger partial charge in [-0.05, 0) is 104 Å². The lowest BCUT2D eigenvalue weighted by Crippen LogP contribution is -2.09. The Morgan fingerprint density at radius 1 is 0.296 bits per heavy atom. The van der Waals surface area contributed by atoms with Crippen molar-refractivity contribution in [3.05, 3.63) is 212 Å². The van der Waals surface area contributed by atoms with Crippen molar-refractivity contribution in [3.8, 4) is 44.5 Å². The summed E-state index contributed by atoms with van der Waals surface area (Å²) in [5.74, 6) is 0. The lowest BCUT2D eigenvalue weighted by atomic mass is 9.95. The molecule has 9 aromatic carbocycles. The summed E-state index contributed by atoms with van der Waals surface area (Å²) in [5, 5.41) is 4.66. The Hall–Kier alpha value is -7.16. The highest BCUT2D eigenvalue weighted by atomic mass is 16.3. The summed E-state index contributed by atoms with van der Waals surface area (Å²) < 4.78 is 6.76. The third-order valence-electron chi connectivity index (χ3n) is 10.5. The lowest BCUT2D eigenvalue weighted by molar-refractivity contribution is 0.670. The van der Waals surface area contributed by atoms with Crippen LogP contribution >= 0.6 is 0 Å². The molecule has 0 aliphatic rings. The molecular formula is C52H35NO. The van der Waals surface area contributed by atoms with Crippen LogP contribution in [0.3, 0.4) is 0 Å². The van der Waals surface area contributed by atoms with Crippen LogP contribution in [0.2, 0.25) is 0 Å². The van der Waals surface area contributed by atoms with E-state index >= 15 is 0 Å². The van der Waals surface area contributed by atoms with E-state index in [-0.39, 0.29) is 0 Å². The largest absolute Gasteiger partial charge is 0.455 e. The van der Waals surface area contributed by atoms with E-state index < -0.39 is 0 Å². The zero-order chi connectivity index (χ0) is 35.8. The molecule has 54 heavy (non-hydrogen) atoms. The maximum absolute atomic E-state index is 6.76. The van der Waals surface area contributed by atoms with Gasteiger partial charge in [-0.15, -0.1) is 0 Å². The number of benzene rings is 9. The molecule has 0 unspecified atom stereocenters. The lowest BCUT2D eigenvalue weighted by Gasteiger charge is -2.26. The molecule has 0 fully saturated rings. The third kappa shape index (κ3) is 5.71. The van der Waals surface area contributed by atoms with Crippen molar-refractivity contribution in [3.63, 3.8) is 0 Å². The Labute approximate surface area is 314 Å². The van der Waals surface area contributed by atoms with Gasteiger partial charge in [0.15, 0.2) is 0 Å². The summed E-state index contributed by atoms with van der Waals surface area (Å²) in [5.41, 5.74) is 14.4. The van der Waals surface area contributed by atoms with E-state index in [0.717, 1.165) is 61.3 Å². The first-order valence-corrected chi connectivity index (χ1v) is 18.4. The second kappa shape index (κ2) is 13.4. The topological polar surface area (TPSA) is 16.4 Å². The summed E-state index contributed by atoms with van der Waals surface area (Å²) >= 11 is 0. The van der Waals surface area contributed by atoms with E-state index in [0.29, 0.717) is 0 Å². The number of hydrogen-bond donors (Lipinski definition) is 0. The van der Waals surface area contributed by atoms with Gasteiger partial charge < -0.3 is 9.32 Å². The minimum absolute atomic E-state index is 0.887. The van der Waals surface area contributed by atoms with Gasteiger partial charge in [0.2, 0.25) is 0 Å². The summed E-state index contributed by atoms with van der Waals surface area (Å²) in [6.45, 7) is 0. The maximum atomic E-state index is 6.76. The molecule has 0 spiro atoms. The maximum Gasteiger partial charge on any atom is 0.143 e. The van der Waals surface area contributed by atoms with Crippen molar-refractivity contribution in [2.45, 2.75) is 0 Å². The number of furan rings is 1. The molecule has 254 valence electrons. The summed E-state index contributed by atoms with van der Waals surface area (Å²) in [4.78, 5) is 2.32. The molecule has 0 bridgehead atoms. The highest BCUT2D eigenvalue weighted by molar-refractivity contribution is 6.18. The van der Waals surface area contributed by atoms with E-state index in [1.807, 2.05) is 0 Å². The van der Waals surface area contributed by atoms with E-state index in [9.17, 15) is 0 Å². The van der Waals surface area contributed by atoms with Gasteiger partial charge >= 0.3 is 0 Å². The van der Waals surface area contributed by atoms with Crippen LogP contribution in [-0.2, 0) is 0 Å². The Balaban J connectivity index is 1.03. The number of hydrogen-bond acceptors (Lipinski definition) is 2. The molecule has 0 atom stereocenters.